The average Bonchev–Trinajstić information content (AvgIpc) is 2.46. The van der Waals surface area contributed by atoms with E-state index in [0.29, 0.717) is 6.07 Å². The van der Waals surface area contributed by atoms with E-state index in [1.165, 1.54) is 0 Å². The van der Waals surface area contributed by atoms with Gasteiger partial charge in [0, 0.05) is 24.0 Å². The molecule has 2 rings (SSSR count). The average molecular weight is 371 g/mol. The molecule has 1 fully saturated rings. The van der Waals surface area contributed by atoms with E-state index in [2.05, 4.69) is 0 Å². The molecule has 0 aromatic heterocycles. The molecular weight excluding hydrogens is 357 g/mol. The standard InChI is InChI=1S/C13H14ClF3N2O3S/c14-9-1-2-11(10(7-9)13(15,16)17)23(21,22)19-5-3-8(4-6-19)12(18)20/h1-2,7-8H,3-6H2,(H2,18,20). The molecule has 0 atom stereocenters. The van der Waals surface area contributed by atoms with E-state index in [1.54, 1.807) is 0 Å². The van der Waals surface area contributed by atoms with Gasteiger partial charge in [-0.3, -0.25) is 4.79 Å². The van der Waals surface area contributed by atoms with Crippen molar-refractivity contribution in [3.8, 4) is 0 Å². The van der Waals surface area contributed by atoms with E-state index in [0.717, 1.165) is 16.4 Å². The van der Waals surface area contributed by atoms with Gasteiger partial charge in [0.15, 0.2) is 0 Å². The van der Waals surface area contributed by atoms with Crippen LogP contribution in [0.4, 0.5) is 13.2 Å². The quantitative estimate of drug-likeness (QED) is 0.886. The molecule has 2 N–H and O–H groups in total. The maximum Gasteiger partial charge on any atom is 0.417 e. The molecule has 0 aliphatic carbocycles. The van der Waals surface area contributed by atoms with Gasteiger partial charge in [-0.2, -0.15) is 17.5 Å². The lowest BCUT2D eigenvalue weighted by Crippen LogP contribution is -2.42. The Bertz CT molecular complexity index is 714. The second kappa shape index (κ2) is 6.29. The predicted molar refractivity (Wildman–Crippen MR) is 77.1 cm³/mol. The number of halogens is 4. The molecule has 1 saturated heterocycles. The zero-order valence-corrected chi connectivity index (χ0v) is 13.4. The number of primary amides is 1. The molecule has 0 saturated carbocycles. The van der Waals surface area contributed by atoms with Crippen LogP contribution < -0.4 is 5.73 Å². The SMILES string of the molecule is NC(=O)C1CCN(S(=O)(=O)c2ccc(Cl)cc2C(F)(F)F)CC1. The van der Waals surface area contributed by atoms with Gasteiger partial charge < -0.3 is 5.73 Å². The minimum absolute atomic E-state index is 0.0597. The summed E-state index contributed by atoms with van der Waals surface area (Å²) < 4.78 is 65.2. The first kappa shape index (κ1) is 18.0. The summed E-state index contributed by atoms with van der Waals surface area (Å²) in [5.41, 5.74) is 3.86. The Kier molecular flexibility index (Phi) is 4.93. The third-order valence-corrected chi connectivity index (χ3v) is 5.91. The number of sulfonamides is 1. The van der Waals surface area contributed by atoms with E-state index in [1.807, 2.05) is 0 Å². The molecule has 1 aliphatic heterocycles. The Morgan fingerprint density at radius 3 is 2.30 bits per heavy atom. The molecule has 1 aliphatic rings. The highest BCUT2D eigenvalue weighted by molar-refractivity contribution is 7.89. The second-order valence-electron chi connectivity index (χ2n) is 5.22. The van der Waals surface area contributed by atoms with Gasteiger partial charge in [0.1, 0.15) is 0 Å². The summed E-state index contributed by atoms with van der Waals surface area (Å²) in [6.07, 6.45) is -4.48. The van der Waals surface area contributed by atoms with Crippen molar-refractivity contribution in [2.45, 2.75) is 23.9 Å². The molecule has 0 unspecified atom stereocenters. The second-order valence-corrected chi connectivity index (χ2v) is 7.56. The fourth-order valence-corrected chi connectivity index (χ4v) is 4.30. The summed E-state index contributed by atoms with van der Waals surface area (Å²) in [6.45, 7) is -0.119. The lowest BCUT2D eigenvalue weighted by Gasteiger charge is -2.30. The van der Waals surface area contributed by atoms with Crippen LogP contribution in [0.2, 0.25) is 5.02 Å². The molecule has 1 aromatic carbocycles. The Morgan fingerprint density at radius 2 is 1.83 bits per heavy atom. The van der Waals surface area contributed by atoms with Crippen molar-refractivity contribution in [1.29, 1.82) is 0 Å². The van der Waals surface area contributed by atoms with Gasteiger partial charge in [0.25, 0.3) is 0 Å². The van der Waals surface area contributed by atoms with Crippen molar-refractivity contribution in [2.75, 3.05) is 13.1 Å². The van der Waals surface area contributed by atoms with E-state index in [9.17, 15) is 26.4 Å². The predicted octanol–water partition coefficient (Wildman–Crippen LogP) is 2.24. The first-order chi connectivity index (χ1) is 10.5. The first-order valence-electron chi connectivity index (χ1n) is 6.69. The minimum Gasteiger partial charge on any atom is -0.369 e. The summed E-state index contributed by atoms with van der Waals surface area (Å²) >= 11 is 5.55. The number of carbonyl (C=O) groups is 1. The normalized spacial score (nSPS) is 18.1. The largest absolute Gasteiger partial charge is 0.417 e. The smallest absolute Gasteiger partial charge is 0.369 e. The van der Waals surface area contributed by atoms with Crippen molar-refractivity contribution in [1.82, 2.24) is 4.31 Å². The Labute approximate surface area is 136 Å². The zero-order chi connectivity index (χ0) is 17.4. The van der Waals surface area contributed by atoms with Crippen molar-refractivity contribution < 1.29 is 26.4 Å². The summed E-state index contributed by atoms with van der Waals surface area (Å²) in [5, 5.41) is -0.205. The van der Waals surface area contributed by atoms with Crippen LogP contribution in [0.25, 0.3) is 0 Å². The molecular formula is C13H14ClF3N2O3S. The molecule has 128 valence electrons. The number of rotatable bonds is 3. The van der Waals surface area contributed by atoms with Gasteiger partial charge in [0.2, 0.25) is 15.9 Å². The van der Waals surface area contributed by atoms with Crippen LogP contribution in [-0.4, -0.2) is 31.7 Å². The van der Waals surface area contributed by atoms with Gasteiger partial charge in [-0.15, -0.1) is 0 Å². The van der Waals surface area contributed by atoms with Crippen LogP contribution in [-0.2, 0) is 21.0 Å². The van der Waals surface area contributed by atoms with Crippen molar-refractivity contribution in [3.05, 3.63) is 28.8 Å². The number of alkyl halides is 3. The van der Waals surface area contributed by atoms with E-state index < -0.39 is 38.5 Å². The molecule has 1 amide bonds. The van der Waals surface area contributed by atoms with Crippen molar-refractivity contribution in [2.24, 2.45) is 11.7 Å². The molecule has 10 heteroatoms. The first-order valence-corrected chi connectivity index (χ1v) is 8.51. The van der Waals surface area contributed by atoms with Gasteiger partial charge in [-0.1, -0.05) is 11.6 Å². The fraction of sp³-hybridized carbons (Fsp3) is 0.462. The summed E-state index contributed by atoms with van der Waals surface area (Å²) in [6, 6.07) is 2.53. The summed E-state index contributed by atoms with van der Waals surface area (Å²) in [5.74, 6) is -1.00. The third kappa shape index (κ3) is 3.78. The number of hydrogen-bond acceptors (Lipinski definition) is 3. The maximum atomic E-state index is 13.1. The molecule has 0 spiro atoms. The number of carbonyl (C=O) groups excluding carboxylic acids is 1. The molecule has 1 heterocycles. The van der Waals surface area contributed by atoms with Crippen LogP contribution >= 0.6 is 11.6 Å². The highest BCUT2D eigenvalue weighted by Gasteiger charge is 2.40. The molecule has 0 bridgehead atoms. The maximum absolute atomic E-state index is 13.1. The number of benzene rings is 1. The van der Waals surface area contributed by atoms with E-state index >= 15 is 0 Å². The monoisotopic (exact) mass is 370 g/mol. The number of amides is 1. The molecule has 1 aromatic rings. The van der Waals surface area contributed by atoms with Gasteiger partial charge in [0.05, 0.1) is 10.5 Å². The lowest BCUT2D eigenvalue weighted by atomic mass is 9.98. The van der Waals surface area contributed by atoms with E-state index in [-0.39, 0.29) is 31.0 Å². The Hall–Kier alpha value is -1.32. The zero-order valence-electron chi connectivity index (χ0n) is 11.8. The van der Waals surface area contributed by atoms with Crippen LogP contribution in [0.3, 0.4) is 0 Å². The van der Waals surface area contributed by atoms with E-state index in [4.69, 9.17) is 17.3 Å². The van der Waals surface area contributed by atoms with Gasteiger partial charge in [-0.05, 0) is 31.0 Å². The molecule has 23 heavy (non-hydrogen) atoms. The highest BCUT2D eigenvalue weighted by atomic mass is 35.5. The van der Waals surface area contributed by atoms with Crippen LogP contribution in [0.1, 0.15) is 18.4 Å². The third-order valence-electron chi connectivity index (χ3n) is 3.72. The van der Waals surface area contributed by atoms with Crippen LogP contribution in [0.5, 0.6) is 0 Å². The topological polar surface area (TPSA) is 80.5 Å². The number of piperidine rings is 1. The van der Waals surface area contributed by atoms with Crippen LogP contribution in [0.15, 0.2) is 23.1 Å². The minimum atomic E-state index is -4.85. The van der Waals surface area contributed by atoms with Crippen molar-refractivity contribution >= 4 is 27.5 Å². The number of nitrogens with two attached hydrogens (primary N) is 1. The van der Waals surface area contributed by atoms with Crippen molar-refractivity contribution in [3.63, 3.8) is 0 Å². The fourth-order valence-electron chi connectivity index (χ4n) is 2.47. The summed E-state index contributed by atoms with van der Waals surface area (Å²) in [4.78, 5) is 10.3. The number of hydrogen-bond donors (Lipinski definition) is 1. The summed E-state index contributed by atoms with van der Waals surface area (Å²) in [7, 11) is -4.34. The number of nitrogens with zero attached hydrogens (tertiary/aromatic N) is 1. The van der Waals surface area contributed by atoms with Crippen LogP contribution in [0, 0.1) is 5.92 Å². The van der Waals surface area contributed by atoms with Gasteiger partial charge >= 0.3 is 6.18 Å². The lowest BCUT2D eigenvalue weighted by molar-refractivity contribution is -0.139. The Balaban J connectivity index is 2.36. The Morgan fingerprint density at radius 1 is 1.26 bits per heavy atom. The molecule has 5 nitrogen and oxygen atoms in total. The molecule has 0 radical (unpaired) electrons. The van der Waals surface area contributed by atoms with Gasteiger partial charge in [-0.25, -0.2) is 8.42 Å². The highest BCUT2D eigenvalue weighted by Crippen LogP contribution is 2.37.